The lowest BCUT2D eigenvalue weighted by molar-refractivity contribution is -0.159. The minimum absolute atomic E-state index is 0.0899. The zero-order valence-electron chi connectivity index (χ0n) is 26.1. The fourth-order valence-electron chi connectivity index (χ4n) is 5.22. The molecule has 3 aromatic heterocycles. The van der Waals surface area contributed by atoms with Gasteiger partial charge in [0.1, 0.15) is 23.2 Å². The van der Waals surface area contributed by atoms with Gasteiger partial charge in [-0.1, -0.05) is 16.4 Å². The van der Waals surface area contributed by atoms with Crippen molar-refractivity contribution in [3.8, 4) is 22.9 Å². The molecule has 2 aliphatic heterocycles. The maximum absolute atomic E-state index is 15.7. The number of amides is 2. The lowest BCUT2D eigenvalue weighted by Crippen LogP contribution is -2.51. The van der Waals surface area contributed by atoms with Crippen LogP contribution in [0.5, 0.6) is 0 Å². The Labute approximate surface area is 275 Å². The highest BCUT2D eigenvalue weighted by molar-refractivity contribution is 7.91. The van der Waals surface area contributed by atoms with Crippen molar-refractivity contribution in [2.75, 3.05) is 28.6 Å². The summed E-state index contributed by atoms with van der Waals surface area (Å²) in [6.45, 7) is 5.66. The molecule has 2 amide bonds. The number of ether oxygens (including phenoxy) is 1. The topological polar surface area (TPSA) is 187 Å². The normalized spacial score (nSPS) is 17.9. The number of anilines is 2. The van der Waals surface area contributed by atoms with E-state index in [1.807, 2.05) is 4.90 Å². The van der Waals surface area contributed by atoms with E-state index in [1.165, 1.54) is 18.3 Å². The van der Waals surface area contributed by atoms with Gasteiger partial charge in [0.05, 0.1) is 28.4 Å². The zero-order chi connectivity index (χ0) is 35.3. The van der Waals surface area contributed by atoms with Crippen molar-refractivity contribution >= 4 is 33.5 Å². The lowest BCUT2D eigenvalue weighted by Gasteiger charge is -2.27. The Morgan fingerprint density at radius 3 is 2.41 bits per heavy atom. The van der Waals surface area contributed by atoms with Gasteiger partial charge < -0.3 is 28.9 Å². The van der Waals surface area contributed by atoms with Crippen LogP contribution in [0.4, 0.5) is 34.1 Å². The highest BCUT2D eigenvalue weighted by Gasteiger charge is 2.41. The molecule has 0 radical (unpaired) electrons. The molecule has 4 aromatic rings. The van der Waals surface area contributed by atoms with E-state index in [9.17, 15) is 31.2 Å². The molecule has 0 unspecified atom stereocenters. The Kier molecular flexibility index (Phi) is 8.53. The number of aromatic nitrogens is 5. The Morgan fingerprint density at radius 2 is 1.78 bits per heavy atom. The number of hydrogen-bond donors (Lipinski definition) is 1. The minimum Gasteiger partial charge on any atom is -0.444 e. The van der Waals surface area contributed by atoms with Gasteiger partial charge in [-0.15, -0.1) is 0 Å². The average molecular weight is 709 g/mol. The van der Waals surface area contributed by atoms with Crippen molar-refractivity contribution in [3.05, 3.63) is 47.7 Å². The van der Waals surface area contributed by atoms with Crippen molar-refractivity contribution in [1.82, 2.24) is 30.6 Å². The second-order valence-electron chi connectivity index (χ2n) is 12.3. The van der Waals surface area contributed by atoms with Gasteiger partial charge in [0.15, 0.2) is 9.84 Å². The molecule has 49 heavy (non-hydrogen) atoms. The molecule has 1 saturated heterocycles. The number of pyridine rings is 1. The average Bonchev–Trinajstić information content (AvgIpc) is 3.79. The van der Waals surface area contributed by atoms with E-state index in [1.54, 1.807) is 20.8 Å². The summed E-state index contributed by atoms with van der Waals surface area (Å²) in [7, 11) is -4.44. The molecule has 1 N–H and O–H groups in total. The SMILES string of the molecule is CC(C)(C)OC(=O)N[C@H]1CS(=O)(=O)c2cc(F)c(-c3noc(N4CCCC4)n3)cc2N(Cc2ccc(-c3noc(C(F)(F)F)n3)nc2)C1=O. The monoisotopic (exact) mass is 708 g/mol. The number of alkyl halides is 3. The molecule has 2 aliphatic rings. The molecule has 1 atom stereocenters. The van der Waals surface area contributed by atoms with Gasteiger partial charge in [0, 0.05) is 19.3 Å². The van der Waals surface area contributed by atoms with Crippen molar-refractivity contribution in [2.45, 2.75) is 62.9 Å². The summed E-state index contributed by atoms with van der Waals surface area (Å²) in [6.07, 6.45) is -2.93. The number of fused-ring (bicyclic) bond motifs is 1. The zero-order valence-corrected chi connectivity index (χ0v) is 26.9. The summed E-state index contributed by atoms with van der Waals surface area (Å²) in [4.78, 5) is 40.7. The second-order valence-corrected chi connectivity index (χ2v) is 14.3. The highest BCUT2D eigenvalue weighted by Crippen LogP contribution is 2.37. The summed E-state index contributed by atoms with van der Waals surface area (Å²) in [5, 5.41) is 9.48. The lowest BCUT2D eigenvalue weighted by atomic mass is 10.1. The molecule has 1 aromatic carbocycles. The molecular weight excluding hydrogens is 680 g/mol. The summed E-state index contributed by atoms with van der Waals surface area (Å²) in [5.74, 6) is -5.03. The molecule has 20 heteroatoms. The van der Waals surface area contributed by atoms with Crippen LogP contribution in [0, 0.1) is 5.82 Å². The van der Waals surface area contributed by atoms with Gasteiger partial charge in [-0.3, -0.25) is 9.78 Å². The first-order valence-electron chi connectivity index (χ1n) is 14.8. The third-order valence-electron chi connectivity index (χ3n) is 7.41. The Morgan fingerprint density at radius 1 is 1.06 bits per heavy atom. The summed E-state index contributed by atoms with van der Waals surface area (Å²) >= 11 is 0. The Bertz CT molecular complexity index is 2000. The number of carbonyl (C=O) groups excluding carboxylic acids is 2. The number of carbonyl (C=O) groups is 2. The van der Waals surface area contributed by atoms with Gasteiger partial charge in [0.2, 0.25) is 11.6 Å². The number of alkyl carbamates (subject to hydrolysis) is 1. The largest absolute Gasteiger partial charge is 0.471 e. The molecule has 5 heterocycles. The van der Waals surface area contributed by atoms with Crippen LogP contribution in [-0.4, -0.2) is 76.2 Å². The van der Waals surface area contributed by atoms with Gasteiger partial charge in [0.25, 0.3) is 5.91 Å². The van der Waals surface area contributed by atoms with E-state index in [4.69, 9.17) is 9.26 Å². The molecule has 0 bridgehead atoms. The van der Waals surface area contributed by atoms with Gasteiger partial charge >= 0.3 is 24.2 Å². The number of hydrogen-bond acceptors (Lipinski definition) is 13. The first-order chi connectivity index (χ1) is 23.0. The number of nitrogens with one attached hydrogen (secondary N) is 1. The standard InChI is InChI=1S/C29H28F4N8O7S/c1-28(2,3)46-27(43)35-19-14-49(44,45)21-11-17(30)16(22-37-26(48-38-22)40-8-4-5-9-40)10-20(21)41(24(19)42)13-15-6-7-18(34-12-15)23-36-25(47-39-23)29(31,32)33/h6-7,10-12,19H,4-5,8-9,13-14H2,1-3H3,(H,35,43)/t19-/m0/s1. The van der Waals surface area contributed by atoms with E-state index >= 15 is 4.39 Å². The van der Waals surface area contributed by atoms with Gasteiger partial charge in [-0.25, -0.2) is 17.6 Å². The molecule has 1 fully saturated rings. The first-order valence-corrected chi connectivity index (χ1v) is 16.5. The fourth-order valence-corrected chi connectivity index (χ4v) is 6.83. The minimum atomic E-state index is -4.87. The molecule has 0 aliphatic carbocycles. The Balaban J connectivity index is 1.39. The van der Waals surface area contributed by atoms with E-state index in [0.29, 0.717) is 13.1 Å². The third-order valence-corrected chi connectivity index (χ3v) is 9.18. The third kappa shape index (κ3) is 7.18. The van der Waals surface area contributed by atoms with E-state index in [0.717, 1.165) is 29.9 Å². The summed E-state index contributed by atoms with van der Waals surface area (Å²) < 4.78 is 96.6. The van der Waals surface area contributed by atoms with Gasteiger partial charge in [-0.2, -0.15) is 23.1 Å². The number of nitrogens with zero attached hydrogens (tertiary/aromatic N) is 7. The molecule has 260 valence electrons. The van der Waals surface area contributed by atoms with Crippen LogP contribution in [0.3, 0.4) is 0 Å². The van der Waals surface area contributed by atoms with E-state index < -0.39 is 67.8 Å². The smallest absolute Gasteiger partial charge is 0.444 e. The summed E-state index contributed by atoms with van der Waals surface area (Å²) in [5.41, 5.74) is -1.32. The second kappa shape index (κ2) is 12.4. The fraction of sp³-hybridized carbons (Fsp3) is 0.414. The van der Waals surface area contributed by atoms with Crippen LogP contribution >= 0.6 is 0 Å². The Hall–Kier alpha value is -5.14. The van der Waals surface area contributed by atoms with Crippen LogP contribution in [0.15, 0.2) is 44.4 Å². The van der Waals surface area contributed by atoms with Crippen molar-refractivity contribution in [3.63, 3.8) is 0 Å². The van der Waals surface area contributed by atoms with Gasteiger partial charge in [-0.05, 0) is 57.4 Å². The molecule has 6 rings (SSSR count). The first kappa shape index (κ1) is 33.7. The van der Waals surface area contributed by atoms with Crippen LogP contribution in [0.25, 0.3) is 22.9 Å². The predicted molar refractivity (Wildman–Crippen MR) is 160 cm³/mol. The predicted octanol–water partition coefficient (Wildman–Crippen LogP) is 4.15. The quantitative estimate of drug-likeness (QED) is 0.282. The van der Waals surface area contributed by atoms with Crippen molar-refractivity contribution < 1.29 is 49.4 Å². The molecule has 0 spiro atoms. The van der Waals surface area contributed by atoms with E-state index in [-0.39, 0.29) is 40.9 Å². The number of benzene rings is 1. The highest BCUT2D eigenvalue weighted by atomic mass is 32.2. The van der Waals surface area contributed by atoms with E-state index in [2.05, 4.69) is 35.1 Å². The van der Waals surface area contributed by atoms with Crippen LogP contribution in [0.2, 0.25) is 0 Å². The number of halogens is 4. The molecule has 0 saturated carbocycles. The van der Waals surface area contributed by atoms with Crippen molar-refractivity contribution in [2.24, 2.45) is 0 Å². The van der Waals surface area contributed by atoms with Crippen LogP contribution in [-0.2, 0) is 32.1 Å². The van der Waals surface area contributed by atoms with Crippen LogP contribution in [0.1, 0.15) is 45.1 Å². The summed E-state index contributed by atoms with van der Waals surface area (Å²) in [6, 6.07) is 3.00. The molecule has 15 nitrogen and oxygen atoms in total. The molecular formula is C29H28F4N8O7S. The maximum Gasteiger partial charge on any atom is 0.471 e. The maximum atomic E-state index is 15.7. The number of rotatable bonds is 6. The number of sulfone groups is 1. The van der Waals surface area contributed by atoms with Crippen LogP contribution < -0.4 is 15.1 Å². The van der Waals surface area contributed by atoms with Crippen molar-refractivity contribution in [1.29, 1.82) is 0 Å².